The average molecular weight is 438 g/mol. The number of carbonyl (C=O) groups excluding carboxylic acids is 2. The number of benzene rings is 1. The third kappa shape index (κ3) is 5.37. The number of amides is 3. The van der Waals surface area contributed by atoms with Crippen molar-refractivity contribution >= 4 is 17.6 Å². The summed E-state index contributed by atoms with van der Waals surface area (Å²) in [6, 6.07) is 12.8. The van der Waals surface area contributed by atoms with Gasteiger partial charge in [-0.2, -0.15) is 0 Å². The summed E-state index contributed by atoms with van der Waals surface area (Å²) in [4.78, 5) is 32.4. The highest BCUT2D eigenvalue weighted by atomic mass is 16.5. The van der Waals surface area contributed by atoms with Crippen molar-refractivity contribution < 1.29 is 14.3 Å². The molecule has 2 aliphatic rings. The number of rotatable bonds is 5. The van der Waals surface area contributed by atoms with Crippen LogP contribution in [0.4, 0.5) is 10.5 Å². The number of para-hydroxylation sites is 1. The van der Waals surface area contributed by atoms with Gasteiger partial charge in [0.2, 0.25) is 5.91 Å². The minimum atomic E-state index is -0.252. The molecule has 3 amide bonds. The number of nitrogens with zero attached hydrogens (tertiary/aromatic N) is 2. The number of hydrogen-bond donors (Lipinski definition) is 3. The predicted molar refractivity (Wildman–Crippen MR) is 123 cm³/mol. The first kappa shape index (κ1) is 22.1. The first-order chi connectivity index (χ1) is 15.6. The molecular formula is C24H31N5O3. The summed E-state index contributed by atoms with van der Waals surface area (Å²) in [5.41, 5.74) is 1.58. The molecule has 3 heterocycles. The molecule has 8 nitrogen and oxygen atoms in total. The maximum absolute atomic E-state index is 13.2. The molecule has 8 heteroatoms. The largest absolute Gasteiger partial charge is 0.495 e. The second-order valence-electron chi connectivity index (χ2n) is 8.40. The van der Waals surface area contributed by atoms with E-state index in [2.05, 4.69) is 20.9 Å². The standard InChI is InChI=1S/C24H31N5O3/c1-32-19-7-8-21(26-15-19)20-16-29(23(30)17-9-12-25-13-10-17)14-11-22(20)28-24(31)27-18-5-3-2-4-6-18/h2-8,15,17,20,22,25H,9-14,16H2,1H3,(H2,27,28,31). The molecule has 0 bridgehead atoms. The number of urea groups is 1. The predicted octanol–water partition coefficient (Wildman–Crippen LogP) is 2.60. The number of likely N-dealkylation sites (tertiary alicyclic amines) is 1. The Bertz CT molecular complexity index is 900. The van der Waals surface area contributed by atoms with Gasteiger partial charge in [-0.3, -0.25) is 9.78 Å². The van der Waals surface area contributed by atoms with Gasteiger partial charge in [0.05, 0.1) is 13.3 Å². The van der Waals surface area contributed by atoms with Gasteiger partial charge >= 0.3 is 6.03 Å². The highest BCUT2D eigenvalue weighted by molar-refractivity contribution is 5.89. The molecule has 2 aliphatic heterocycles. The molecule has 2 aromatic rings. The fourth-order valence-electron chi connectivity index (χ4n) is 4.54. The Kier molecular flexibility index (Phi) is 7.21. The van der Waals surface area contributed by atoms with Crippen LogP contribution in [0.3, 0.4) is 0 Å². The molecule has 2 atom stereocenters. The van der Waals surface area contributed by atoms with E-state index in [4.69, 9.17) is 4.74 Å². The van der Waals surface area contributed by atoms with E-state index in [1.165, 1.54) is 0 Å². The van der Waals surface area contributed by atoms with E-state index in [0.29, 0.717) is 25.3 Å². The Labute approximate surface area is 188 Å². The number of nitrogens with one attached hydrogen (secondary N) is 3. The molecule has 0 aliphatic carbocycles. The molecule has 3 N–H and O–H groups in total. The third-order valence-corrected chi connectivity index (χ3v) is 6.34. The van der Waals surface area contributed by atoms with Crippen LogP contribution in [0.2, 0.25) is 0 Å². The Morgan fingerprint density at radius 1 is 1.09 bits per heavy atom. The molecular weight excluding hydrogens is 406 g/mol. The highest BCUT2D eigenvalue weighted by Gasteiger charge is 2.36. The van der Waals surface area contributed by atoms with Crippen LogP contribution in [0.25, 0.3) is 0 Å². The van der Waals surface area contributed by atoms with Crippen molar-refractivity contribution in [3.63, 3.8) is 0 Å². The van der Waals surface area contributed by atoms with Crippen LogP contribution in [0.15, 0.2) is 48.7 Å². The van der Waals surface area contributed by atoms with Crippen molar-refractivity contribution in [1.29, 1.82) is 0 Å². The zero-order valence-electron chi connectivity index (χ0n) is 18.4. The average Bonchev–Trinajstić information content (AvgIpc) is 2.85. The summed E-state index contributed by atoms with van der Waals surface area (Å²) < 4.78 is 5.24. The molecule has 0 spiro atoms. The number of aromatic nitrogens is 1. The lowest BCUT2D eigenvalue weighted by Gasteiger charge is -2.40. The molecule has 1 aromatic carbocycles. The zero-order valence-corrected chi connectivity index (χ0v) is 18.4. The number of anilines is 1. The van der Waals surface area contributed by atoms with Crippen LogP contribution < -0.4 is 20.7 Å². The Hall–Kier alpha value is -3.13. The SMILES string of the molecule is COc1ccc(C2CN(C(=O)C3CCNCC3)CCC2NC(=O)Nc2ccccc2)nc1. The minimum Gasteiger partial charge on any atom is -0.495 e. The van der Waals surface area contributed by atoms with Gasteiger partial charge in [0.15, 0.2) is 0 Å². The molecule has 2 saturated heterocycles. The second kappa shape index (κ2) is 10.5. The zero-order chi connectivity index (χ0) is 22.3. The van der Waals surface area contributed by atoms with Gasteiger partial charge in [-0.1, -0.05) is 18.2 Å². The van der Waals surface area contributed by atoms with Crippen LogP contribution in [0.5, 0.6) is 5.75 Å². The van der Waals surface area contributed by atoms with E-state index < -0.39 is 0 Å². The summed E-state index contributed by atoms with van der Waals surface area (Å²) in [6.07, 6.45) is 4.12. The number of piperidine rings is 2. The van der Waals surface area contributed by atoms with Crippen LogP contribution in [-0.2, 0) is 4.79 Å². The smallest absolute Gasteiger partial charge is 0.319 e. The molecule has 2 unspecified atom stereocenters. The summed E-state index contributed by atoms with van der Waals surface area (Å²) in [5.74, 6) is 0.879. The molecule has 4 rings (SSSR count). The maximum atomic E-state index is 13.2. The summed E-state index contributed by atoms with van der Waals surface area (Å²) >= 11 is 0. The molecule has 170 valence electrons. The number of pyridine rings is 1. The van der Waals surface area contributed by atoms with Crippen molar-refractivity contribution in [1.82, 2.24) is 20.5 Å². The van der Waals surface area contributed by atoms with Crippen LogP contribution in [0, 0.1) is 5.92 Å². The summed E-state index contributed by atoms with van der Waals surface area (Å²) in [7, 11) is 1.61. The van der Waals surface area contributed by atoms with E-state index in [1.54, 1.807) is 13.3 Å². The highest BCUT2D eigenvalue weighted by Crippen LogP contribution is 2.29. The van der Waals surface area contributed by atoms with Gasteiger partial charge in [0.1, 0.15) is 5.75 Å². The fraction of sp³-hybridized carbons (Fsp3) is 0.458. The van der Waals surface area contributed by atoms with E-state index >= 15 is 0 Å². The second-order valence-corrected chi connectivity index (χ2v) is 8.40. The normalized spacial score (nSPS) is 21.6. The van der Waals surface area contributed by atoms with Crippen molar-refractivity contribution in [3.8, 4) is 5.75 Å². The van der Waals surface area contributed by atoms with E-state index in [1.807, 2.05) is 47.4 Å². The maximum Gasteiger partial charge on any atom is 0.319 e. The van der Waals surface area contributed by atoms with Gasteiger partial charge in [0.25, 0.3) is 0 Å². The van der Waals surface area contributed by atoms with Crippen LogP contribution in [-0.4, -0.2) is 61.2 Å². The minimum absolute atomic E-state index is 0.0756. The van der Waals surface area contributed by atoms with Crippen molar-refractivity contribution in [2.75, 3.05) is 38.6 Å². The van der Waals surface area contributed by atoms with Crippen molar-refractivity contribution in [2.24, 2.45) is 5.92 Å². The first-order valence-electron chi connectivity index (χ1n) is 11.3. The number of methoxy groups -OCH3 is 1. The van der Waals surface area contributed by atoms with Crippen molar-refractivity contribution in [2.45, 2.75) is 31.2 Å². The van der Waals surface area contributed by atoms with Crippen LogP contribution >= 0.6 is 0 Å². The first-order valence-corrected chi connectivity index (χ1v) is 11.3. The Balaban J connectivity index is 1.48. The summed E-state index contributed by atoms with van der Waals surface area (Å²) in [5, 5.41) is 9.32. The topological polar surface area (TPSA) is 95.6 Å². The van der Waals surface area contributed by atoms with E-state index in [-0.39, 0.29) is 29.8 Å². The van der Waals surface area contributed by atoms with Gasteiger partial charge in [0, 0.05) is 42.3 Å². The fourth-order valence-corrected chi connectivity index (χ4v) is 4.54. The monoisotopic (exact) mass is 437 g/mol. The molecule has 2 fully saturated rings. The lowest BCUT2D eigenvalue weighted by molar-refractivity contribution is -0.137. The lowest BCUT2D eigenvalue weighted by atomic mass is 9.87. The van der Waals surface area contributed by atoms with Crippen LogP contribution in [0.1, 0.15) is 30.9 Å². The molecule has 1 aromatic heterocycles. The number of hydrogen-bond acceptors (Lipinski definition) is 5. The van der Waals surface area contributed by atoms with Gasteiger partial charge in [-0.25, -0.2) is 4.79 Å². The molecule has 32 heavy (non-hydrogen) atoms. The third-order valence-electron chi connectivity index (χ3n) is 6.34. The lowest BCUT2D eigenvalue weighted by Crippen LogP contribution is -2.53. The Morgan fingerprint density at radius 2 is 1.88 bits per heavy atom. The van der Waals surface area contributed by atoms with Gasteiger partial charge in [-0.15, -0.1) is 0 Å². The van der Waals surface area contributed by atoms with Gasteiger partial charge < -0.3 is 25.6 Å². The quantitative estimate of drug-likeness (QED) is 0.668. The summed E-state index contributed by atoms with van der Waals surface area (Å²) in [6.45, 7) is 2.94. The number of carbonyl (C=O) groups is 2. The Morgan fingerprint density at radius 3 is 2.56 bits per heavy atom. The molecule has 0 radical (unpaired) electrons. The number of ether oxygens (including phenoxy) is 1. The molecule has 0 saturated carbocycles. The van der Waals surface area contributed by atoms with E-state index in [0.717, 1.165) is 37.3 Å². The van der Waals surface area contributed by atoms with Crippen molar-refractivity contribution in [3.05, 3.63) is 54.4 Å². The van der Waals surface area contributed by atoms with E-state index in [9.17, 15) is 9.59 Å². The van der Waals surface area contributed by atoms with Gasteiger partial charge in [-0.05, 0) is 56.6 Å².